The standard InChI is InChI=1S/C14H15FN2O/c1-9-6-11(8-16)7-10(2)13(9)18-14-12(15)4-3-5-17-14/h3-7H,8,16H2,1-2H3. The first kappa shape index (κ1) is 12.5. The first-order chi connectivity index (χ1) is 8.61. The molecule has 0 amide bonds. The van der Waals surface area contributed by atoms with Crippen molar-refractivity contribution >= 4 is 0 Å². The summed E-state index contributed by atoms with van der Waals surface area (Å²) < 4.78 is 19.0. The van der Waals surface area contributed by atoms with Gasteiger partial charge in [-0.3, -0.25) is 0 Å². The zero-order valence-electron chi connectivity index (χ0n) is 10.4. The number of nitrogens with two attached hydrogens (primary N) is 1. The van der Waals surface area contributed by atoms with Gasteiger partial charge in [-0.05, 0) is 42.7 Å². The molecule has 3 nitrogen and oxygen atoms in total. The lowest BCUT2D eigenvalue weighted by molar-refractivity contribution is 0.417. The van der Waals surface area contributed by atoms with E-state index in [1.165, 1.54) is 18.3 Å². The monoisotopic (exact) mass is 246 g/mol. The van der Waals surface area contributed by atoms with Crippen molar-refractivity contribution in [3.05, 3.63) is 53.0 Å². The fraction of sp³-hybridized carbons (Fsp3) is 0.214. The van der Waals surface area contributed by atoms with Crippen LogP contribution < -0.4 is 10.5 Å². The van der Waals surface area contributed by atoms with Crippen LogP contribution >= 0.6 is 0 Å². The average Bonchev–Trinajstić information content (AvgIpc) is 2.35. The maximum atomic E-state index is 13.5. The summed E-state index contributed by atoms with van der Waals surface area (Å²) >= 11 is 0. The topological polar surface area (TPSA) is 48.1 Å². The van der Waals surface area contributed by atoms with Crippen molar-refractivity contribution in [2.45, 2.75) is 20.4 Å². The third-order valence-electron chi connectivity index (χ3n) is 2.68. The highest BCUT2D eigenvalue weighted by molar-refractivity contribution is 5.45. The Bertz CT molecular complexity index is 546. The van der Waals surface area contributed by atoms with Crippen molar-refractivity contribution < 1.29 is 9.13 Å². The van der Waals surface area contributed by atoms with Gasteiger partial charge in [0, 0.05) is 12.7 Å². The predicted molar refractivity (Wildman–Crippen MR) is 68.1 cm³/mol. The largest absolute Gasteiger partial charge is 0.436 e. The quantitative estimate of drug-likeness (QED) is 0.905. The summed E-state index contributed by atoms with van der Waals surface area (Å²) in [7, 11) is 0. The van der Waals surface area contributed by atoms with E-state index in [-0.39, 0.29) is 5.88 Å². The van der Waals surface area contributed by atoms with Crippen LogP contribution in [-0.2, 0) is 6.54 Å². The van der Waals surface area contributed by atoms with E-state index in [0.29, 0.717) is 12.3 Å². The van der Waals surface area contributed by atoms with Gasteiger partial charge >= 0.3 is 0 Å². The molecule has 0 atom stereocenters. The van der Waals surface area contributed by atoms with Gasteiger partial charge in [0.05, 0.1) is 0 Å². The molecule has 2 N–H and O–H groups in total. The van der Waals surface area contributed by atoms with E-state index < -0.39 is 5.82 Å². The highest BCUT2D eigenvalue weighted by atomic mass is 19.1. The summed E-state index contributed by atoms with van der Waals surface area (Å²) in [6.07, 6.45) is 1.50. The number of ether oxygens (including phenoxy) is 1. The summed E-state index contributed by atoms with van der Waals surface area (Å²) in [5, 5.41) is 0. The summed E-state index contributed by atoms with van der Waals surface area (Å²) in [6, 6.07) is 6.72. The Hall–Kier alpha value is -1.94. The molecule has 0 aliphatic rings. The summed E-state index contributed by atoms with van der Waals surface area (Å²) in [6.45, 7) is 4.28. The SMILES string of the molecule is Cc1cc(CN)cc(C)c1Oc1ncccc1F. The molecule has 0 aliphatic heterocycles. The van der Waals surface area contributed by atoms with E-state index in [4.69, 9.17) is 10.5 Å². The van der Waals surface area contributed by atoms with Gasteiger partial charge in [0.15, 0.2) is 5.82 Å². The number of halogens is 1. The Morgan fingerprint density at radius 2 is 1.94 bits per heavy atom. The molecule has 4 heteroatoms. The van der Waals surface area contributed by atoms with E-state index in [0.717, 1.165) is 16.7 Å². The smallest absolute Gasteiger partial charge is 0.255 e. The van der Waals surface area contributed by atoms with Crippen LogP contribution in [0.2, 0.25) is 0 Å². The molecule has 2 rings (SSSR count). The number of hydrogen-bond donors (Lipinski definition) is 1. The Labute approximate surface area is 105 Å². The maximum absolute atomic E-state index is 13.5. The van der Waals surface area contributed by atoms with Crippen LogP contribution in [-0.4, -0.2) is 4.98 Å². The molecular weight excluding hydrogens is 231 g/mol. The number of pyridine rings is 1. The predicted octanol–water partition coefficient (Wildman–Crippen LogP) is 3.09. The molecular formula is C14H15FN2O. The minimum absolute atomic E-state index is 0.0100. The highest BCUT2D eigenvalue weighted by Gasteiger charge is 2.10. The van der Waals surface area contributed by atoms with Crippen LogP contribution in [0.3, 0.4) is 0 Å². The first-order valence-electron chi connectivity index (χ1n) is 5.70. The molecule has 94 valence electrons. The Balaban J connectivity index is 2.38. The molecule has 1 aromatic heterocycles. The number of nitrogens with zero attached hydrogens (tertiary/aromatic N) is 1. The number of hydrogen-bond acceptors (Lipinski definition) is 3. The van der Waals surface area contributed by atoms with Gasteiger partial charge in [-0.1, -0.05) is 12.1 Å². The van der Waals surface area contributed by atoms with Crippen molar-refractivity contribution in [3.63, 3.8) is 0 Å². The van der Waals surface area contributed by atoms with Crippen LogP contribution in [0.4, 0.5) is 4.39 Å². The summed E-state index contributed by atoms with van der Waals surface area (Å²) in [5.41, 5.74) is 8.46. The molecule has 18 heavy (non-hydrogen) atoms. The number of aromatic nitrogens is 1. The summed E-state index contributed by atoms with van der Waals surface area (Å²) in [5.74, 6) is 0.146. The third-order valence-corrected chi connectivity index (χ3v) is 2.68. The maximum Gasteiger partial charge on any atom is 0.255 e. The van der Waals surface area contributed by atoms with Gasteiger partial charge in [-0.25, -0.2) is 9.37 Å². The van der Waals surface area contributed by atoms with E-state index in [2.05, 4.69) is 4.98 Å². The third kappa shape index (κ3) is 2.49. The van der Waals surface area contributed by atoms with E-state index in [1.807, 2.05) is 26.0 Å². The number of rotatable bonds is 3. The fourth-order valence-corrected chi connectivity index (χ4v) is 1.86. The molecule has 0 unspecified atom stereocenters. The van der Waals surface area contributed by atoms with Gasteiger partial charge in [0.25, 0.3) is 5.88 Å². The minimum Gasteiger partial charge on any atom is -0.436 e. The van der Waals surface area contributed by atoms with Gasteiger partial charge < -0.3 is 10.5 Å². The molecule has 0 spiro atoms. The minimum atomic E-state index is -0.473. The molecule has 0 radical (unpaired) electrons. The van der Waals surface area contributed by atoms with Gasteiger partial charge in [0.1, 0.15) is 5.75 Å². The molecule has 1 heterocycles. The number of benzene rings is 1. The normalized spacial score (nSPS) is 10.4. The van der Waals surface area contributed by atoms with Crippen molar-refractivity contribution in [3.8, 4) is 11.6 Å². The average molecular weight is 246 g/mol. The van der Waals surface area contributed by atoms with E-state index in [9.17, 15) is 4.39 Å². The van der Waals surface area contributed by atoms with Crippen LogP contribution in [0.15, 0.2) is 30.5 Å². The zero-order chi connectivity index (χ0) is 13.1. The lowest BCUT2D eigenvalue weighted by Crippen LogP contribution is -2.00. The zero-order valence-corrected chi connectivity index (χ0v) is 10.4. The molecule has 0 saturated carbocycles. The van der Waals surface area contributed by atoms with E-state index >= 15 is 0 Å². The lowest BCUT2D eigenvalue weighted by atomic mass is 10.1. The molecule has 0 fully saturated rings. The molecule has 0 saturated heterocycles. The Kier molecular flexibility index (Phi) is 3.58. The van der Waals surface area contributed by atoms with Gasteiger partial charge in [0.2, 0.25) is 0 Å². The van der Waals surface area contributed by atoms with Crippen LogP contribution in [0, 0.1) is 19.7 Å². The van der Waals surface area contributed by atoms with Crippen LogP contribution in [0.1, 0.15) is 16.7 Å². The van der Waals surface area contributed by atoms with Gasteiger partial charge in [-0.15, -0.1) is 0 Å². The second kappa shape index (κ2) is 5.14. The molecule has 0 bridgehead atoms. The van der Waals surface area contributed by atoms with Crippen LogP contribution in [0.5, 0.6) is 11.6 Å². The van der Waals surface area contributed by atoms with Crippen molar-refractivity contribution in [1.29, 1.82) is 0 Å². The second-order valence-electron chi connectivity index (χ2n) is 4.16. The Morgan fingerprint density at radius 3 is 2.50 bits per heavy atom. The molecule has 1 aromatic carbocycles. The van der Waals surface area contributed by atoms with Gasteiger partial charge in [-0.2, -0.15) is 0 Å². The lowest BCUT2D eigenvalue weighted by Gasteiger charge is -2.12. The number of aryl methyl sites for hydroxylation is 2. The fourth-order valence-electron chi connectivity index (χ4n) is 1.86. The molecule has 0 aliphatic carbocycles. The Morgan fingerprint density at radius 1 is 1.28 bits per heavy atom. The van der Waals surface area contributed by atoms with Crippen LogP contribution in [0.25, 0.3) is 0 Å². The molecule has 2 aromatic rings. The highest BCUT2D eigenvalue weighted by Crippen LogP contribution is 2.29. The van der Waals surface area contributed by atoms with Crippen molar-refractivity contribution in [1.82, 2.24) is 4.98 Å². The van der Waals surface area contributed by atoms with Crippen molar-refractivity contribution in [2.75, 3.05) is 0 Å². The second-order valence-corrected chi connectivity index (χ2v) is 4.16. The first-order valence-corrected chi connectivity index (χ1v) is 5.70. The summed E-state index contributed by atoms with van der Waals surface area (Å²) in [4.78, 5) is 3.88. The van der Waals surface area contributed by atoms with E-state index in [1.54, 1.807) is 0 Å². The van der Waals surface area contributed by atoms with Crippen molar-refractivity contribution in [2.24, 2.45) is 5.73 Å².